The average molecular weight is 319 g/mol. The highest BCUT2D eigenvalue weighted by atomic mass is 19.1. The SMILES string of the molecule is Cc1ccc2[nH]c(-c3ccc(F)cc3)c(-c3ccc(F)cc3)c2c1. The molecule has 1 nitrogen and oxygen atoms in total. The van der Waals surface area contributed by atoms with Crippen LogP contribution in [0.4, 0.5) is 8.78 Å². The van der Waals surface area contributed by atoms with E-state index in [0.717, 1.165) is 38.9 Å². The number of hydrogen-bond donors (Lipinski definition) is 1. The monoisotopic (exact) mass is 319 g/mol. The molecule has 0 bridgehead atoms. The van der Waals surface area contributed by atoms with Gasteiger partial charge in [0.15, 0.2) is 0 Å². The van der Waals surface area contributed by atoms with Crippen LogP contribution in [-0.4, -0.2) is 4.98 Å². The lowest BCUT2D eigenvalue weighted by molar-refractivity contribution is 0.627. The van der Waals surface area contributed by atoms with Crippen LogP contribution in [0.15, 0.2) is 66.7 Å². The maximum atomic E-state index is 13.3. The molecule has 3 heteroatoms. The predicted molar refractivity (Wildman–Crippen MR) is 93.8 cm³/mol. The lowest BCUT2D eigenvalue weighted by atomic mass is 9.97. The summed E-state index contributed by atoms with van der Waals surface area (Å²) in [5.74, 6) is -0.535. The largest absolute Gasteiger partial charge is 0.354 e. The average Bonchev–Trinajstić information content (AvgIpc) is 2.95. The van der Waals surface area contributed by atoms with Crippen molar-refractivity contribution >= 4 is 10.9 Å². The van der Waals surface area contributed by atoms with Gasteiger partial charge in [0.1, 0.15) is 11.6 Å². The molecular weight excluding hydrogens is 304 g/mol. The molecule has 0 atom stereocenters. The number of benzene rings is 3. The number of rotatable bonds is 2. The van der Waals surface area contributed by atoms with Gasteiger partial charge in [-0.15, -0.1) is 0 Å². The molecule has 1 N–H and O–H groups in total. The van der Waals surface area contributed by atoms with E-state index in [1.165, 1.54) is 24.3 Å². The van der Waals surface area contributed by atoms with E-state index >= 15 is 0 Å². The van der Waals surface area contributed by atoms with Gasteiger partial charge in [0.2, 0.25) is 0 Å². The number of fused-ring (bicyclic) bond motifs is 1. The Morgan fingerprint density at radius 2 is 1.29 bits per heavy atom. The summed E-state index contributed by atoms with van der Waals surface area (Å²) >= 11 is 0. The molecule has 24 heavy (non-hydrogen) atoms. The first-order valence-electron chi connectivity index (χ1n) is 7.76. The lowest BCUT2D eigenvalue weighted by Gasteiger charge is -2.06. The molecule has 1 aromatic heterocycles. The zero-order chi connectivity index (χ0) is 16.7. The van der Waals surface area contributed by atoms with E-state index in [1.54, 1.807) is 24.3 Å². The van der Waals surface area contributed by atoms with Crippen LogP contribution >= 0.6 is 0 Å². The minimum Gasteiger partial charge on any atom is -0.354 e. The summed E-state index contributed by atoms with van der Waals surface area (Å²) in [4.78, 5) is 3.42. The van der Waals surface area contributed by atoms with Gasteiger partial charge < -0.3 is 4.98 Å². The molecule has 0 amide bonds. The highest BCUT2D eigenvalue weighted by molar-refractivity contribution is 6.04. The molecule has 0 aliphatic carbocycles. The Labute approximate surface area is 138 Å². The summed E-state index contributed by atoms with van der Waals surface area (Å²) in [5.41, 5.74) is 5.87. The van der Waals surface area contributed by atoms with Crippen LogP contribution in [0.1, 0.15) is 5.56 Å². The number of halogens is 2. The second-order valence-electron chi connectivity index (χ2n) is 5.94. The molecule has 0 unspecified atom stereocenters. The Morgan fingerprint density at radius 3 is 1.92 bits per heavy atom. The van der Waals surface area contributed by atoms with Crippen LogP contribution < -0.4 is 0 Å². The Morgan fingerprint density at radius 1 is 0.708 bits per heavy atom. The quantitative estimate of drug-likeness (QED) is 0.460. The van der Waals surface area contributed by atoms with Crippen LogP contribution in [-0.2, 0) is 0 Å². The van der Waals surface area contributed by atoms with Gasteiger partial charge in [0.25, 0.3) is 0 Å². The third-order valence-electron chi connectivity index (χ3n) is 4.22. The molecule has 3 aromatic carbocycles. The Kier molecular flexibility index (Phi) is 3.42. The second kappa shape index (κ2) is 5.60. The maximum absolute atomic E-state index is 13.3. The fourth-order valence-corrected chi connectivity index (χ4v) is 3.06. The van der Waals surface area contributed by atoms with Crippen molar-refractivity contribution in [3.63, 3.8) is 0 Å². The fourth-order valence-electron chi connectivity index (χ4n) is 3.06. The van der Waals surface area contributed by atoms with Gasteiger partial charge >= 0.3 is 0 Å². The molecule has 4 rings (SSSR count). The van der Waals surface area contributed by atoms with E-state index in [1.807, 2.05) is 19.1 Å². The van der Waals surface area contributed by atoms with Crippen molar-refractivity contribution in [2.75, 3.05) is 0 Å². The summed E-state index contributed by atoms with van der Waals surface area (Å²) in [5, 5.41) is 1.07. The van der Waals surface area contributed by atoms with Crippen molar-refractivity contribution < 1.29 is 8.78 Å². The van der Waals surface area contributed by atoms with Crippen LogP contribution in [0.25, 0.3) is 33.3 Å². The highest BCUT2D eigenvalue weighted by Crippen LogP contribution is 2.38. The van der Waals surface area contributed by atoms with Crippen molar-refractivity contribution in [3.8, 4) is 22.4 Å². The van der Waals surface area contributed by atoms with Crippen molar-refractivity contribution in [2.24, 2.45) is 0 Å². The van der Waals surface area contributed by atoms with Crippen LogP contribution in [0, 0.1) is 18.6 Å². The molecule has 118 valence electrons. The van der Waals surface area contributed by atoms with E-state index in [-0.39, 0.29) is 11.6 Å². The molecule has 0 fully saturated rings. The molecular formula is C21H15F2N. The van der Waals surface area contributed by atoms with E-state index < -0.39 is 0 Å². The number of aryl methyl sites for hydroxylation is 1. The van der Waals surface area contributed by atoms with Gasteiger partial charge in [-0.1, -0.05) is 23.8 Å². The number of aromatic nitrogens is 1. The molecule has 0 saturated carbocycles. The maximum Gasteiger partial charge on any atom is 0.123 e. The van der Waals surface area contributed by atoms with Crippen LogP contribution in [0.3, 0.4) is 0 Å². The summed E-state index contributed by atoms with van der Waals surface area (Å²) in [6.07, 6.45) is 0. The molecule has 4 aromatic rings. The smallest absolute Gasteiger partial charge is 0.123 e. The van der Waals surface area contributed by atoms with E-state index in [9.17, 15) is 8.78 Å². The number of aromatic amines is 1. The van der Waals surface area contributed by atoms with E-state index in [0.29, 0.717) is 0 Å². The van der Waals surface area contributed by atoms with Gasteiger partial charge in [0.05, 0.1) is 5.69 Å². The van der Waals surface area contributed by atoms with Gasteiger partial charge in [0, 0.05) is 16.5 Å². The molecule has 1 heterocycles. The van der Waals surface area contributed by atoms with Crippen LogP contribution in [0.2, 0.25) is 0 Å². The molecule has 0 aliphatic heterocycles. The minimum absolute atomic E-state index is 0.266. The fraction of sp³-hybridized carbons (Fsp3) is 0.0476. The van der Waals surface area contributed by atoms with Crippen molar-refractivity contribution in [3.05, 3.63) is 83.9 Å². The zero-order valence-electron chi connectivity index (χ0n) is 13.1. The van der Waals surface area contributed by atoms with Gasteiger partial charge in [-0.25, -0.2) is 8.78 Å². The number of H-pyrrole nitrogens is 1. The molecule has 0 spiro atoms. The van der Waals surface area contributed by atoms with Crippen molar-refractivity contribution in [1.82, 2.24) is 4.98 Å². The zero-order valence-corrected chi connectivity index (χ0v) is 13.1. The van der Waals surface area contributed by atoms with E-state index in [2.05, 4.69) is 11.1 Å². The van der Waals surface area contributed by atoms with Gasteiger partial charge in [-0.05, 0) is 66.6 Å². The lowest BCUT2D eigenvalue weighted by Crippen LogP contribution is -1.84. The normalized spacial score (nSPS) is 11.1. The van der Waals surface area contributed by atoms with Gasteiger partial charge in [-0.3, -0.25) is 0 Å². The van der Waals surface area contributed by atoms with Crippen LogP contribution in [0.5, 0.6) is 0 Å². The van der Waals surface area contributed by atoms with E-state index in [4.69, 9.17) is 0 Å². The number of nitrogens with one attached hydrogen (secondary N) is 1. The third kappa shape index (κ3) is 2.48. The first-order valence-corrected chi connectivity index (χ1v) is 7.76. The first-order chi connectivity index (χ1) is 11.6. The Bertz CT molecular complexity index is 1010. The highest BCUT2D eigenvalue weighted by Gasteiger charge is 2.15. The van der Waals surface area contributed by atoms with Gasteiger partial charge in [-0.2, -0.15) is 0 Å². The Balaban J connectivity index is 2.03. The minimum atomic E-state index is -0.269. The van der Waals surface area contributed by atoms with Crippen molar-refractivity contribution in [1.29, 1.82) is 0 Å². The topological polar surface area (TPSA) is 15.8 Å². The second-order valence-corrected chi connectivity index (χ2v) is 5.94. The first kappa shape index (κ1) is 14.6. The molecule has 0 radical (unpaired) electrons. The summed E-state index contributed by atoms with van der Waals surface area (Å²) < 4.78 is 26.6. The van der Waals surface area contributed by atoms with Crippen molar-refractivity contribution in [2.45, 2.75) is 6.92 Å². The molecule has 0 aliphatic rings. The summed E-state index contributed by atoms with van der Waals surface area (Å²) in [6, 6.07) is 19.0. The standard InChI is InChI=1S/C21H15F2N/c1-13-2-11-19-18(12-13)20(14-3-7-16(22)8-4-14)21(24-19)15-5-9-17(23)10-6-15/h2-12,24H,1H3. The molecule has 0 saturated heterocycles. The third-order valence-corrected chi connectivity index (χ3v) is 4.22. The predicted octanol–water partition coefficient (Wildman–Crippen LogP) is 6.09. The summed E-state index contributed by atoms with van der Waals surface area (Å²) in [6.45, 7) is 2.04. The Hall–Kier alpha value is -2.94. The summed E-state index contributed by atoms with van der Waals surface area (Å²) in [7, 11) is 0. The number of hydrogen-bond acceptors (Lipinski definition) is 0.